The van der Waals surface area contributed by atoms with Crippen molar-refractivity contribution in [2.75, 3.05) is 5.73 Å². The zero-order valence-electron chi connectivity index (χ0n) is 8.86. The number of pyridine rings is 1. The molecule has 0 atom stereocenters. The fourth-order valence-electron chi connectivity index (χ4n) is 1.35. The minimum absolute atomic E-state index is 0.355. The number of halogens is 2. The quantitative estimate of drug-likeness (QED) is 0.880. The van der Waals surface area contributed by atoms with Crippen LogP contribution in [-0.2, 0) is 6.61 Å². The Labute approximate surface area is 113 Å². The van der Waals surface area contributed by atoms with Gasteiger partial charge >= 0.3 is 0 Å². The Bertz CT molecular complexity index is 513. The van der Waals surface area contributed by atoms with Gasteiger partial charge in [0.05, 0.1) is 15.2 Å². The summed E-state index contributed by atoms with van der Waals surface area (Å²) < 4.78 is 6.47. The first-order valence-corrected chi connectivity index (χ1v) is 6.11. The number of rotatable bonds is 3. The molecule has 3 nitrogen and oxygen atoms in total. The predicted octanol–water partition coefficient (Wildman–Crippen LogP) is 3.66. The average Bonchev–Trinajstić information content (AvgIpc) is 2.30. The summed E-state index contributed by atoms with van der Waals surface area (Å²) in [6.07, 6.45) is 3.26. The van der Waals surface area contributed by atoms with Crippen molar-refractivity contribution < 1.29 is 4.74 Å². The van der Waals surface area contributed by atoms with E-state index < -0.39 is 0 Å². The molecule has 5 heteroatoms. The Hall–Kier alpha value is -1.26. The summed E-state index contributed by atoms with van der Waals surface area (Å²) in [5.41, 5.74) is 7.28. The largest absolute Gasteiger partial charge is 0.485 e. The number of nitrogen functional groups attached to an aromatic ring is 1. The Kier molecular flexibility index (Phi) is 3.86. The summed E-state index contributed by atoms with van der Waals surface area (Å²) in [6, 6.07) is 7.33. The van der Waals surface area contributed by atoms with E-state index in [2.05, 4.69) is 20.9 Å². The number of anilines is 1. The number of hydrogen-bond donors (Lipinski definition) is 1. The van der Waals surface area contributed by atoms with E-state index in [1.165, 1.54) is 0 Å². The fraction of sp³-hybridized carbons (Fsp3) is 0.0833. The van der Waals surface area contributed by atoms with Gasteiger partial charge in [-0.05, 0) is 34.1 Å². The van der Waals surface area contributed by atoms with E-state index in [-0.39, 0.29) is 0 Å². The van der Waals surface area contributed by atoms with Gasteiger partial charge in [-0.3, -0.25) is 4.98 Å². The molecule has 17 heavy (non-hydrogen) atoms. The zero-order chi connectivity index (χ0) is 12.3. The van der Waals surface area contributed by atoms with Gasteiger partial charge in [-0.1, -0.05) is 17.7 Å². The second kappa shape index (κ2) is 5.38. The lowest BCUT2D eigenvalue weighted by atomic mass is 10.3. The van der Waals surface area contributed by atoms with Crippen molar-refractivity contribution in [1.82, 2.24) is 4.98 Å². The highest BCUT2D eigenvalue weighted by Gasteiger charge is 2.07. The first-order valence-electron chi connectivity index (χ1n) is 4.93. The number of benzene rings is 1. The molecule has 0 saturated heterocycles. The highest BCUT2D eigenvalue weighted by atomic mass is 79.9. The molecule has 0 aliphatic heterocycles. The molecule has 0 amide bonds. The van der Waals surface area contributed by atoms with Gasteiger partial charge in [0.25, 0.3) is 0 Å². The summed E-state index contributed by atoms with van der Waals surface area (Å²) >= 11 is 9.37. The molecule has 2 N–H and O–H groups in total. The summed E-state index contributed by atoms with van der Waals surface area (Å²) in [6.45, 7) is 0.355. The molecule has 0 radical (unpaired) electrons. The third kappa shape index (κ3) is 2.90. The van der Waals surface area contributed by atoms with E-state index in [1.807, 2.05) is 18.2 Å². The van der Waals surface area contributed by atoms with Crippen LogP contribution in [0.5, 0.6) is 5.75 Å². The summed E-state index contributed by atoms with van der Waals surface area (Å²) in [4.78, 5) is 3.91. The first-order chi connectivity index (χ1) is 8.18. The maximum absolute atomic E-state index is 5.98. The van der Waals surface area contributed by atoms with Gasteiger partial charge in [-0.2, -0.15) is 0 Å². The lowest BCUT2D eigenvalue weighted by molar-refractivity contribution is 0.306. The highest BCUT2D eigenvalue weighted by molar-refractivity contribution is 9.10. The molecule has 2 rings (SSSR count). The Morgan fingerprint density at radius 1 is 1.35 bits per heavy atom. The van der Waals surface area contributed by atoms with Crippen molar-refractivity contribution in [3.63, 3.8) is 0 Å². The number of ether oxygens (including phenoxy) is 1. The van der Waals surface area contributed by atoms with Gasteiger partial charge in [-0.15, -0.1) is 0 Å². The molecule has 0 aliphatic rings. The molecule has 0 aliphatic carbocycles. The molecule has 0 spiro atoms. The second-order valence-corrected chi connectivity index (χ2v) is 4.68. The molecule has 1 heterocycles. The highest BCUT2D eigenvalue weighted by Crippen LogP contribution is 2.31. The Morgan fingerprint density at radius 2 is 2.18 bits per heavy atom. The van der Waals surface area contributed by atoms with Crippen LogP contribution < -0.4 is 10.5 Å². The van der Waals surface area contributed by atoms with Crippen LogP contribution in [0.1, 0.15) is 5.56 Å². The monoisotopic (exact) mass is 312 g/mol. The molecule has 0 saturated carbocycles. The maximum Gasteiger partial charge on any atom is 0.156 e. The van der Waals surface area contributed by atoms with Crippen molar-refractivity contribution in [1.29, 1.82) is 0 Å². The van der Waals surface area contributed by atoms with Gasteiger partial charge in [0, 0.05) is 18.0 Å². The summed E-state index contributed by atoms with van der Waals surface area (Å²) in [5, 5.41) is 0.582. The van der Waals surface area contributed by atoms with E-state index in [0.29, 0.717) is 23.1 Å². The van der Waals surface area contributed by atoms with Crippen LogP contribution >= 0.6 is 27.5 Å². The SMILES string of the molecule is Nc1cccc(Br)c1OCc1ccncc1Cl. The Balaban J connectivity index is 2.16. The van der Waals surface area contributed by atoms with E-state index in [9.17, 15) is 0 Å². The predicted molar refractivity (Wildman–Crippen MR) is 72.1 cm³/mol. The normalized spacial score (nSPS) is 10.2. The molecule has 1 aromatic heterocycles. The third-order valence-electron chi connectivity index (χ3n) is 2.23. The zero-order valence-corrected chi connectivity index (χ0v) is 11.2. The van der Waals surface area contributed by atoms with Crippen LogP contribution in [0.15, 0.2) is 41.1 Å². The lowest BCUT2D eigenvalue weighted by Crippen LogP contribution is -2.00. The van der Waals surface area contributed by atoms with Crippen molar-refractivity contribution in [2.45, 2.75) is 6.61 Å². The van der Waals surface area contributed by atoms with Crippen LogP contribution in [0.2, 0.25) is 5.02 Å². The first kappa shape index (κ1) is 12.2. The minimum atomic E-state index is 0.355. The van der Waals surface area contributed by atoms with E-state index >= 15 is 0 Å². The summed E-state index contributed by atoms with van der Waals surface area (Å²) in [5.74, 6) is 0.625. The molecule has 1 aromatic carbocycles. The van der Waals surface area contributed by atoms with Gasteiger partial charge in [0.15, 0.2) is 5.75 Å². The van der Waals surface area contributed by atoms with Gasteiger partial charge in [-0.25, -0.2) is 0 Å². The maximum atomic E-state index is 5.98. The van der Waals surface area contributed by atoms with Gasteiger partial charge in [0.1, 0.15) is 6.61 Å². The van der Waals surface area contributed by atoms with Crippen LogP contribution in [0.25, 0.3) is 0 Å². The number of nitrogens with zero attached hydrogens (tertiary/aromatic N) is 1. The topological polar surface area (TPSA) is 48.1 Å². The van der Waals surface area contributed by atoms with Crippen LogP contribution in [0.4, 0.5) is 5.69 Å². The van der Waals surface area contributed by atoms with E-state index in [0.717, 1.165) is 10.0 Å². The molecule has 2 aromatic rings. The molecular formula is C12H10BrClN2O. The van der Waals surface area contributed by atoms with Crippen LogP contribution in [0.3, 0.4) is 0 Å². The van der Waals surface area contributed by atoms with Gasteiger partial charge < -0.3 is 10.5 Å². The standard InChI is InChI=1S/C12H10BrClN2O/c13-9-2-1-3-11(15)12(9)17-7-8-4-5-16-6-10(8)14/h1-6H,7,15H2. The van der Waals surface area contributed by atoms with Crippen molar-refractivity contribution >= 4 is 33.2 Å². The van der Waals surface area contributed by atoms with E-state index in [1.54, 1.807) is 18.5 Å². The molecule has 0 bridgehead atoms. The molecule has 0 fully saturated rings. The minimum Gasteiger partial charge on any atom is -0.485 e. The third-order valence-corrected chi connectivity index (χ3v) is 3.19. The second-order valence-electron chi connectivity index (χ2n) is 3.41. The van der Waals surface area contributed by atoms with E-state index in [4.69, 9.17) is 22.1 Å². The molecule has 0 unspecified atom stereocenters. The number of para-hydroxylation sites is 1. The van der Waals surface area contributed by atoms with Gasteiger partial charge in [0.2, 0.25) is 0 Å². The summed E-state index contributed by atoms with van der Waals surface area (Å²) in [7, 11) is 0. The smallest absolute Gasteiger partial charge is 0.156 e. The number of nitrogens with two attached hydrogens (primary N) is 1. The Morgan fingerprint density at radius 3 is 2.88 bits per heavy atom. The average molecular weight is 314 g/mol. The number of aromatic nitrogens is 1. The molecular weight excluding hydrogens is 304 g/mol. The van der Waals surface area contributed by atoms with Crippen molar-refractivity contribution in [3.05, 3.63) is 51.7 Å². The molecule has 88 valence electrons. The van der Waals surface area contributed by atoms with Crippen molar-refractivity contribution in [2.24, 2.45) is 0 Å². The van der Waals surface area contributed by atoms with Crippen LogP contribution in [0, 0.1) is 0 Å². The van der Waals surface area contributed by atoms with Crippen molar-refractivity contribution in [3.8, 4) is 5.75 Å². The van der Waals surface area contributed by atoms with Crippen LogP contribution in [-0.4, -0.2) is 4.98 Å². The fourth-order valence-corrected chi connectivity index (χ4v) is 2.02. The number of hydrogen-bond acceptors (Lipinski definition) is 3. The lowest BCUT2D eigenvalue weighted by Gasteiger charge is -2.11.